The van der Waals surface area contributed by atoms with Gasteiger partial charge in [0.2, 0.25) is 0 Å². The van der Waals surface area contributed by atoms with E-state index in [1.54, 1.807) is 0 Å². The van der Waals surface area contributed by atoms with E-state index in [4.69, 9.17) is 22.1 Å². The predicted molar refractivity (Wildman–Crippen MR) is 60.3 cm³/mol. The first-order chi connectivity index (χ1) is 7.74. The second kappa shape index (κ2) is 3.51. The van der Waals surface area contributed by atoms with Gasteiger partial charge in [-0.15, -0.1) is 11.6 Å². The molecular weight excluding hydrogens is 220 g/mol. The minimum atomic E-state index is 0.166. The molecule has 4 aliphatic rings. The van der Waals surface area contributed by atoms with Crippen LogP contribution >= 0.6 is 11.6 Å². The van der Waals surface area contributed by atoms with Crippen molar-refractivity contribution in [2.45, 2.75) is 31.1 Å². The van der Waals surface area contributed by atoms with Crippen LogP contribution in [0.4, 0.5) is 0 Å². The lowest BCUT2D eigenvalue weighted by molar-refractivity contribution is 0.0738. The number of nitriles is 2. The molecule has 82 valence electrons. The number of halogens is 1. The van der Waals surface area contributed by atoms with Gasteiger partial charge in [0.05, 0.1) is 0 Å². The van der Waals surface area contributed by atoms with Crippen molar-refractivity contribution >= 4 is 11.6 Å². The van der Waals surface area contributed by atoms with Gasteiger partial charge in [0.25, 0.3) is 0 Å². The van der Waals surface area contributed by atoms with E-state index in [1.165, 1.54) is 12.8 Å². The average molecular weight is 233 g/mol. The zero-order valence-corrected chi connectivity index (χ0v) is 9.74. The Kier molecular flexibility index (Phi) is 2.23. The third-order valence-electron chi connectivity index (χ3n) is 4.61. The maximum Gasteiger partial charge on any atom is 0.129 e. The van der Waals surface area contributed by atoms with Gasteiger partial charge < -0.3 is 0 Å². The van der Waals surface area contributed by atoms with Crippen LogP contribution in [0.1, 0.15) is 25.7 Å². The summed E-state index contributed by atoms with van der Waals surface area (Å²) in [5, 5.41) is 18.2. The summed E-state index contributed by atoms with van der Waals surface area (Å²) in [4.78, 5) is 0. The summed E-state index contributed by atoms with van der Waals surface area (Å²) < 4.78 is 0. The van der Waals surface area contributed by atoms with Crippen LogP contribution in [0.2, 0.25) is 0 Å². The number of hydrogen-bond donors (Lipinski definition) is 0. The van der Waals surface area contributed by atoms with E-state index in [-0.39, 0.29) is 5.38 Å². The molecule has 0 aromatic carbocycles. The van der Waals surface area contributed by atoms with Crippen LogP contribution in [0.5, 0.6) is 0 Å². The van der Waals surface area contributed by atoms with Gasteiger partial charge >= 0.3 is 0 Å². The molecule has 4 aliphatic carbocycles. The maximum atomic E-state index is 9.02. The summed E-state index contributed by atoms with van der Waals surface area (Å²) in [7, 11) is 0. The van der Waals surface area contributed by atoms with Gasteiger partial charge in [0, 0.05) is 5.38 Å². The Balaban J connectivity index is 2.07. The highest BCUT2D eigenvalue weighted by Gasteiger charge is 2.51. The molecule has 0 radical (unpaired) electrons. The smallest absolute Gasteiger partial charge is 0.129 e. The number of hydrogen-bond acceptors (Lipinski definition) is 2. The molecule has 0 saturated heterocycles. The topological polar surface area (TPSA) is 47.6 Å². The molecule has 4 fully saturated rings. The molecule has 5 atom stereocenters. The lowest BCUT2D eigenvalue weighted by Crippen LogP contribution is -2.47. The molecule has 4 rings (SSSR count). The van der Waals surface area contributed by atoms with Crippen molar-refractivity contribution in [2.24, 2.45) is 23.7 Å². The molecule has 0 N–H and O–H groups in total. The highest BCUT2D eigenvalue weighted by Crippen LogP contribution is 2.58. The fourth-order valence-electron chi connectivity index (χ4n) is 4.15. The standard InChI is InChI=1S/C13H13ClN2/c14-13-9-2-7-1-8(4-9)12(11(13)3-7)10(5-15)6-16/h7-9,11,13H,1-4H2/t7?,8?,9?,11?,13-/m1/s1. The molecule has 4 bridgehead atoms. The minimum Gasteiger partial charge on any atom is -0.192 e. The lowest BCUT2D eigenvalue weighted by Gasteiger charge is -2.53. The SMILES string of the molecule is N#CC(C#N)=C1C2CC3CC(C2)[C@@H](Cl)C1C3. The van der Waals surface area contributed by atoms with Crippen LogP contribution < -0.4 is 0 Å². The number of alkyl halides is 1. The summed E-state index contributed by atoms with van der Waals surface area (Å²) in [5.41, 5.74) is 1.44. The van der Waals surface area contributed by atoms with Gasteiger partial charge in [-0.3, -0.25) is 0 Å². The molecule has 0 aliphatic heterocycles. The van der Waals surface area contributed by atoms with Gasteiger partial charge in [-0.25, -0.2) is 0 Å². The second-order valence-electron chi connectivity index (χ2n) is 5.37. The molecule has 0 amide bonds. The predicted octanol–water partition coefficient (Wildman–Crippen LogP) is 3.00. The Hall–Kier alpha value is -0.990. The highest BCUT2D eigenvalue weighted by atomic mass is 35.5. The quantitative estimate of drug-likeness (QED) is 0.476. The van der Waals surface area contributed by atoms with E-state index in [0.29, 0.717) is 23.3 Å². The van der Waals surface area contributed by atoms with Gasteiger partial charge in [0.1, 0.15) is 17.7 Å². The number of nitrogens with zero attached hydrogens (tertiary/aromatic N) is 2. The third kappa shape index (κ3) is 1.23. The molecule has 16 heavy (non-hydrogen) atoms. The van der Waals surface area contributed by atoms with Crippen molar-refractivity contribution in [3.63, 3.8) is 0 Å². The van der Waals surface area contributed by atoms with E-state index in [1.807, 2.05) is 0 Å². The van der Waals surface area contributed by atoms with Crippen molar-refractivity contribution in [3.05, 3.63) is 11.1 Å². The summed E-state index contributed by atoms with van der Waals surface area (Å²) in [6.45, 7) is 0. The van der Waals surface area contributed by atoms with E-state index in [2.05, 4.69) is 12.1 Å². The van der Waals surface area contributed by atoms with Crippen LogP contribution in [0.15, 0.2) is 11.1 Å². The fraction of sp³-hybridized carbons (Fsp3) is 0.692. The monoisotopic (exact) mass is 232 g/mol. The summed E-state index contributed by atoms with van der Waals surface area (Å²) >= 11 is 6.47. The molecule has 3 heteroatoms. The summed E-state index contributed by atoms with van der Waals surface area (Å²) in [6, 6.07) is 4.12. The Morgan fingerprint density at radius 1 is 1.12 bits per heavy atom. The Labute approximate surface area is 100 Å². The Bertz CT molecular complexity index is 424. The van der Waals surface area contributed by atoms with Crippen molar-refractivity contribution < 1.29 is 0 Å². The first-order valence-electron chi connectivity index (χ1n) is 5.93. The van der Waals surface area contributed by atoms with Gasteiger partial charge in [-0.1, -0.05) is 0 Å². The van der Waals surface area contributed by atoms with Crippen LogP contribution in [0, 0.1) is 46.3 Å². The van der Waals surface area contributed by atoms with E-state index < -0.39 is 0 Å². The van der Waals surface area contributed by atoms with Crippen molar-refractivity contribution in [1.82, 2.24) is 0 Å². The van der Waals surface area contributed by atoms with Crippen LogP contribution in [-0.2, 0) is 0 Å². The third-order valence-corrected chi connectivity index (χ3v) is 5.28. The first kappa shape index (κ1) is 10.2. The number of rotatable bonds is 0. The first-order valence-corrected chi connectivity index (χ1v) is 6.36. The van der Waals surface area contributed by atoms with Crippen LogP contribution in [0.3, 0.4) is 0 Å². The van der Waals surface area contributed by atoms with Crippen molar-refractivity contribution in [3.8, 4) is 12.1 Å². The van der Waals surface area contributed by atoms with E-state index >= 15 is 0 Å². The van der Waals surface area contributed by atoms with Gasteiger partial charge in [0.15, 0.2) is 0 Å². The summed E-state index contributed by atoms with van der Waals surface area (Å²) in [6.07, 6.45) is 4.65. The van der Waals surface area contributed by atoms with Crippen LogP contribution in [0.25, 0.3) is 0 Å². The zero-order valence-electron chi connectivity index (χ0n) is 8.99. The summed E-state index contributed by atoms with van der Waals surface area (Å²) in [5.74, 6) is 2.22. The second-order valence-corrected chi connectivity index (χ2v) is 5.87. The van der Waals surface area contributed by atoms with Crippen molar-refractivity contribution in [1.29, 1.82) is 10.5 Å². The normalized spacial score (nSPS) is 43.9. The Morgan fingerprint density at radius 3 is 2.56 bits per heavy atom. The molecule has 0 aromatic heterocycles. The zero-order chi connectivity index (χ0) is 11.3. The van der Waals surface area contributed by atoms with Gasteiger partial charge in [-0.2, -0.15) is 10.5 Å². The largest absolute Gasteiger partial charge is 0.192 e. The molecule has 2 nitrogen and oxygen atoms in total. The van der Waals surface area contributed by atoms with E-state index in [0.717, 1.165) is 24.3 Å². The molecule has 4 saturated carbocycles. The number of allylic oxidation sites excluding steroid dienone is 2. The molecule has 0 spiro atoms. The highest BCUT2D eigenvalue weighted by molar-refractivity contribution is 6.21. The maximum absolute atomic E-state index is 9.02. The Morgan fingerprint density at radius 2 is 1.88 bits per heavy atom. The molecular formula is C13H13ClN2. The minimum absolute atomic E-state index is 0.166. The lowest BCUT2D eigenvalue weighted by atomic mass is 9.53. The molecule has 0 aromatic rings. The molecule has 0 heterocycles. The van der Waals surface area contributed by atoms with Crippen molar-refractivity contribution in [2.75, 3.05) is 0 Å². The fourth-order valence-corrected chi connectivity index (χ4v) is 4.60. The van der Waals surface area contributed by atoms with Crippen LogP contribution in [-0.4, -0.2) is 5.38 Å². The van der Waals surface area contributed by atoms with Gasteiger partial charge in [-0.05, 0) is 54.9 Å². The average Bonchev–Trinajstić information content (AvgIpc) is 2.29. The van der Waals surface area contributed by atoms with E-state index in [9.17, 15) is 0 Å². The molecule has 4 unspecified atom stereocenters.